The molecule has 0 saturated carbocycles. The standard InChI is InChI=1S/C8H10N2O5S/c11-7(12)3-6-9-10-8(15-6)5-1-2-16(13,14)4-5/h5H,1-4H2,(H,11,12). The third-order valence-corrected chi connectivity index (χ3v) is 4.13. The summed E-state index contributed by atoms with van der Waals surface area (Å²) in [6, 6.07) is 0. The molecule has 1 aliphatic rings. The summed E-state index contributed by atoms with van der Waals surface area (Å²) < 4.78 is 27.5. The zero-order chi connectivity index (χ0) is 11.8. The number of aliphatic carboxylic acids is 1. The van der Waals surface area contributed by atoms with Gasteiger partial charge in [-0.15, -0.1) is 10.2 Å². The predicted octanol–water partition coefficient (Wildman–Crippen LogP) is -0.401. The van der Waals surface area contributed by atoms with Crippen LogP contribution in [-0.2, 0) is 21.1 Å². The first-order chi connectivity index (χ1) is 7.46. The van der Waals surface area contributed by atoms with Crippen LogP contribution in [0.15, 0.2) is 4.42 Å². The van der Waals surface area contributed by atoms with Gasteiger partial charge in [0, 0.05) is 0 Å². The van der Waals surface area contributed by atoms with Crippen LogP contribution < -0.4 is 0 Å². The fraction of sp³-hybridized carbons (Fsp3) is 0.625. The minimum Gasteiger partial charge on any atom is -0.481 e. The van der Waals surface area contributed by atoms with Gasteiger partial charge in [0.05, 0.1) is 17.4 Å². The highest BCUT2D eigenvalue weighted by Crippen LogP contribution is 2.27. The first kappa shape index (κ1) is 11.1. The maximum atomic E-state index is 11.2. The molecule has 1 fully saturated rings. The average molecular weight is 246 g/mol. The van der Waals surface area contributed by atoms with Crippen LogP contribution in [0.3, 0.4) is 0 Å². The molecule has 1 aromatic heterocycles. The SMILES string of the molecule is O=C(O)Cc1nnc(C2CCS(=O)(=O)C2)o1. The summed E-state index contributed by atoms with van der Waals surface area (Å²) in [7, 11) is -3.00. The van der Waals surface area contributed by atoms with Gasteiger partial charge in [0.2, 0.25) is 11.8 Å². The van der Waals surface area contributed by atoms with Crippen molar-refractivity contribution >= 4 is 15.8 Å². The second-order valence-corrected chi connectivity index (χ2v) is 5.93. The second kappa shape index (κ2) is 3.85. The molecule has 1 aliphatic heterocycles. The molecular weight excluding hydrogens is 236 g/mol. The number of rotatable bonds is 3. The molecule has 8 heteroatoms. The largest absolute Gasteiger partial charge is 0.481 e. The summed E-state index contributed by atoms with van der Waals surface area (Å²) in [5.41, 5.74) is 0. The molecule has 1 saturated heterocycles. The third-order valence-electron chi connectivity index (χ3n) is 2.37. The van der Waals surface area contributed by atoms with Crippen LogP contribution in [0.5, 0.6) is 0 Å². The van der Waals surface area contributed by atoms with E-state index in [4.69, 9.17) is 9.52 Å². The molecule has 1 N–H and O–H groups in total. The molecular formula is C8H10N2O5S. The van der Waals surface area contributed by atoms with E-state index in [2.05, 4.69) is 10.2 Å². The van der Waals surface area contributed by atoms with Crippen LogP contribution in [-0.4, -0.2) is 41.2 Å². The van der Waals surface area contributed by atoms with Crippen molar-refractivity contribution in [3.8, 4) is 0 Å². The van der Waals surface area contributed by atoms with Crippen LogP contribution in [0.2, 0.25) is 0 Å². The Bertz CT molecular complexity index is 506. The minimum absolute atomic E-state index is 0.00169. The first-order valence-electron chi connectivity index (χ1n) is 4.71. The number of hydrogen-bond donors (Lipinski definition) is 1. The second-order valence-electron chi connectivity index (χ2n) is 3.70. The summed E-state index contributed by atoms with van der Waals surface area (Å²) in [6.07, 6.45) is 0.115. The third kappa shape index (κ3) is 2.38. The highest BCUT2D eigenvalue weighted by atomic mass is 32.2. The van der Waals surface area contributed by atoms with E-state index in [0.29, 0.717) is 6.42 Å². The number of aromatic nitrogens is 2. The summed E-state index contributed by atoms with van der Waals surface area (Å²) in [5, 5.41) is 15.7. The Hall–Kier alpha value is -1.44. The van der Waals surface area contributed by atoms with Crippen molar-refractivity contribution in [1.82, 2.24) is 10.2 Å². The molecule has 2 rings (SSSR count). The van der Waals surface area contributed by atoms with Gasteiger partial charge in [-0.1, -0.05) is 0 Å². The Morgan fingerprint density at radius 3 is 2.81 bits per heavy atom. The Kier molecular flexibility index (Phi) is 2.66. The zero-order valence-electron chi connectivity index (χ0n) is 8.29. The van der Waals surface area contributed by atoms with Crippen molar-refractivity contribution in [2.24, 2.45) is 0 Å². The summed E-state index contributed by atoms with van der Waals surface area (Å²) in [6.45, 7) is 0. The predicted molar refractivity (Wildman–Crippen MR) is 51.6 cm³/mol. The van der Waals surface area contributed by atoms with Crippen LogP contribution >= 0.6 is 0 Å². The van der Waals surface area contributed by atoms with Gasteiger partial charge in [0.25, 0.3) is 0 Å². The van der Waals surface area contributed by atoms with Crippen molar-refractivity contribution in [1.29, 1.82) is 0 Å². The minimum atomic E-state index is -3.00. The molecule has 1 atom stereocenters. The molecule has 2 heterocycles. The number of sulfone groups is 1. The number of hydrogen-bond acceptors (Lipinski definition) is 6. The van der Waals surface area contributed by atoms with Crippen molar-refractivity contribution in [3.63, 3.8) is 0 Å². The van der Waals surface area contributed by atoms with E-state index < -0.39 is 15.8 Å². The van der Waals surface area contributed by atoms with Crippen molar-refractivity contribution in [3.05, 3.63) is 11.8 Å². The van der Waals surface area contributed by atoms with E-state index >= 15 is 0 Å². The fourth-order valence-corrected chi connectivity index (χ4v) is 3.35. The zero-order valence-corrected chi connectivity index (χ0v) is 9.11. The molecule has 0 radical (unpaired) electrons. The van der Waals surface area contributed by atoms with E-state index in [-0.39, 0.29) is 35.6 Å². The Morgan fingerprint density at radius 2 is 2.25 bits per heavy atom. The normalized spacial score (nSPS) is 23.4. The highest BCUT2D eigenvalue weighted by Gasteiger charge is 2.32. The monoisotopic (exact) mass is 246 g/mol. The van der Waals surface area contributed by atoms with Gasteiger partial charge < -0.3 is 9.52 Å². The fourth-order valence-electron chi connectivity index (χ4n) is 1.62. The molecule has 1 aromatic rings. The molecule has 0 bridgehead atoms. The Balaban J connectivity index is 2.11. The number of carboxylic acid groups (broad SMARTS) is 1. The van der Waals surface area contributed by atoms with E-state index in [1.54, 1.807) is 0 Å². The van der Waals surface area contributed by atoms with E-state index in [1.807, 2.05) is 0 Å². The van der Waals surface area contributed by atoms with Crippen LogP contribution in [0.25, 0.3) is 0 Å². The van der Waals surface area contributed by atoms with E-state index in [1.165, 1.54) is 0 Å². The van der Waals surface area contributed by atoms with Gasteiger partial charge in [-0.05, 0) is 6.42 Å². The van der Waals surface area contributed by atoms with Gasteiger partial charge in [-0.25, -0.2) is 8.42 Å². The lowest BCUT2D eigenvalue weighted by Gasteiger charge is -1.98. The smallest absolute Gasteiger partial charge is 0.312 e. The molecule has 0 aliphatic carbocycles. The van der Waals surface area contributed by atoms with Crippen molar-refractivity contribution in [2.45, 2.75) is 18.8 Å². The van der Waals surface area contributed by atoms with Gasteiger partial charge >= 0.3 is 5.97 Å². The van der Waals surface area contributed by atoms with Crippen LogP contribution in [0.4, 0.5) is 0 Å². The molecule has 0 aromatic carbocycles. The van der Waals surface area contributed by atoms with Gasteiger partial charge in [0.1, 0.15) is 6.42 Å². The molecule has 88 valence electrons. The van der Waals surface area contributed by atoms with Crippen molar-refractivity contribution < 1.29 is 22.7 Å². The number of carboxylic acids is 1. The summed E-state index contributed by atoms with van der Waals surface area (Å²) in [4.78, 5) is 10.4. The summed E-state index contributed by atoms with van der Waals surface area (Å²) >= 11 is 0. The molecule has 16 heavy (non-hydrogen) atoms. The van der Waals surface area contributed by atoms with Gasteiger partial charge in [0.15, 0.2) is 9.84 Å². The van der Waals surface area contributed by atoms with Crippen LogP contribution in [0, 0.1) is 0 Å². The first-order valence-corrected chi connectivity index (χ1v) is 6.53. The van der Waals surface area contributed by atoms with Crippen LogP contribution in [0.1, 0.15) is 24.1 Å². The topological polar surface area (TPSA) is 110 Å². The van der Waals surface area contributed by atoms with E-state index in [9.17, 15) is 13.2 Å². The number of carbonyl (C=O) groups is 1. The van der Waals surface area contributed by atoms with Gasteiger partial charge in [-0.3, -0.25) is 4.79 Å². The van der Waals surface area contributed by atoms with Crippen molar-refractivity contribution in [2.75, 3.05) is 11.5 Å². The van der Waals surface area contributed by atoms with Gasteiger partial charge in [-0.2, -0.15) is 0 Å². The molecule has 7 nitrogen and oxygen atoms in total. The maximum Gasteiger partial charge on any atom is 0.312 e. The summed E-state index contributed by atoms with van der Waals surface area (Å²) in [5.74, 6) is -1.01. The quantitative estimate of drug-likeness (QED) is 0.772. The molecule has 0 spiro atoms. The lowest BCUT2D eigenvalue weighted by Crippen LogP contribution is -2.04. The number of nitrogens with zero attached hydrogens (tertiary/aromatic N) is 2. The molecule has 1 unspecified atom stereocenters. The maximum absolute atomic E-state index is 11.2. The lowest BCUT2D eigenvalue weighted by atomic mass is 10.1. The average Bonchev–Trinajstić information content (AvgIpc) is 2.71. The lowest BCUT2D eigenvalue weighted by molar-refractivity contribution is -0.136. The Morgan fingerprint density at radius 1 is 1.50 bits per heavy atom. The van der Waals surface area contributed by atoms with E-state index in [0.717, 1.165) is 0 Å². The Labute approximate surface area is 91.4 Å². The highest BCUT2D eigenvalue weighted by molar-refractivity contribution is 7.91. The molecule has 0 amide bonds.